The Morgan fingerprint density at radius 3 is 2.37 bits per heavy atom. The van der Waals surface area contributed by atoms with Gasteiger partial charge in [-0.05, 0) is 35.7 Å². The molecule has 7 heteroatoms. The van der Waals surface area contributed by atoms with Crippen molar-refractivity contribution in [2.75, 3.05) is 20.8 Å². The van der Waals surface area contributed by atoms with E-state index in [2.05, 4.69) is 56.4 Å². The number of hydrogen-bond acceptors (Lipinski definition) is 4. The van der Waals surface area contributed by atoms with Crippen LogP contribution in [0, 0.1) is 0 Å². The minimum atomic E-state index is 0.541. The second-order valence-corrected chi connectivity index (χ2v) is 6.79. The number of nitrogens with zero attached hydrogens (tertiary/aromatic N) is 3. The van der Waals surface area contributed by atoms with Crippen molar-refractivity contribution in [3.05, 3.63) is 77.9 Å². The Morgan fingerprint density at radius 2 is 1.70 bits per heavy atom. The highest BCUT2D eigenvalue weighted by Gasteiger charge is 2.05. The van der Waals surface area contributed by atoms with Crippen LogP contribution in [-0.4, -0.2) is 36.3 Å². The van der Waals surface area contributed by atoms with E-state index in [1.807, 2.05) is 30.7 Å². The van der Waals surface area contributed by atoms with Crippen LogP contribution in [0.3, 0.4) is 0 Å². The first kappa shape index (κ1) is 21.2. The predicted molar refractivity (Wildman–Crippen MR) is 119 cm³/mol. The van der Waals surface area contributed by atoms with Gasteiger partial charge in [0.1, 0.15) is 0 Å². The normalized spacial score (nSPS) is 11.2. The van der Waals surface area contributed by atoms with Gasteiger partial charge in [0.05, 0.1) is 27.1 Å². The van der Waals surface area contributed by atoms with E-state index in [0.717, 1.165) is 24.6 Å². The number of rotatable bonds is 9. The molecule has 3 rings (SSSR count). The number of hydrogen-bond donors (Lipinski definition) is 2. The van der Waals surface area contributed by atoms with E-state index >= 15 is 0 Å². The fourth-order valence-electron chi connectivity index (χ4n) is 3.03. The topological polar surface area (TPSA) is 72.7 Å². The van der Waals surface area contributed by atoms with Gasteiger partial charge in [0.25, 0.3) is 0 Å². The zero-order valence-corrected chi connectivity index (χ0v) is 17.8. The van der Waals surface area contributed by atoms with Gasteiger partial charge < -0.3 is 24.7 Å². The minimum Gasteiger partial charge on any atom is -0.493 e. The molecule has 0 atom stereocenters. The van der Waals surface area contributed by atoms with Crippen LogP contribution in [0.25, 0.3) is 0 Å². The van der Waals surface area contributed by atoms with Crippen molar-refractivity contribution >= 4 is 5.96 Å². The average Bonchev–Trinajstić information content (AvgIpc) is 3.29. The number of ether oxygens (including phenoxy) is 2. The van der Waals surface area contributed by atoms with E-state index in [1.54, 1.807) is 20.4 Å². The Labute approximate surface area is 177 Å². The van der Waals surface area contributed by atoms with E-state index in [1.165, 1.54) is 11.1 Å². The fraction of sp³-hybridized carbons (Fsp3) is 0.304. The summed E-state index contributed by atoms with van der Waals surface area (Å²) in [5.41, 5.74) is 3.49. The smallest absolute Gasteiger partial charge is 0.191 e. The molecule has 0 radical (unpaired) electrons. The monoisotopic (exact) mass is 407 g/mol. The molecule has 0 unspecified atom stereocenters. The minimum absolute atomic E-state index is 0.541. The Hall–Kier alpha value is -3.48. The van der Waals surface area contributed by atoms with Crippen LogP contribution < -0.4 is 20.1 Å². The van der Waals surface area contributed by atoms with Crippen LogP contribution in [0.2, 0.25) is 0 Å². The first-order chi connectivity index (χ1) is 14.7. The molecule has 0 bridgehead atoms. The Kier molecular flexibility index (Phi) is 7.71. The molecule has 1 aromatic heterocycles. The summed E-state index contributed by atoms with van der Waals surface area (Å²) in [6.07, 6.45) is 5.59. The average molecular weight is 408 g/mol. The van der Waals surface area contributed by atoms with Crippen LogP contribution in [0.4, 0.5) is 0 Å². The third-order valence-electron chi connectivity index (χ3n) is 4.62. The number of aliphatic imine (C=N–C) groups is 1. The summed E-state index contributed by atoms with van der Waals surface area (Å²) >= 11 is 0. The van der Waals surface area contributed by atoms with E-state index in [9.17, 15) is 0 Å². The lowest BCUT2D eigenvalue weighted by molar-refractivity contribution is 0.354. The van der Waals surface area contributed by atoms with E-state index in [4.69, 9.17) is 9.47 Å². The first-order valence-electron chi connectivity index (χ1n) is 9.98. The molecule has 2 aromatic carbocycles. The van der Waals surface area contributed by atoms with Gasteiger partial charge in [-0.3, -0.25) is 0 Å². The van der Waals surface area contributed by atoms with Gasteiger partial charge >= 0.3 is 0 Å². The Bertz CT molecular complexity index is 937. The van der Waals surface area contributed by atoms with Gasteiger partial charge in [-0.2, -0.15) is 0 Å². The number of benzene rings is 2. The van der Waals surface area contributed by atoms with Crippen LogP contribution in [0.1, 0.15) is 23.6 Å². The second kappa shape index (κ2) is 10.9. The molecule has 3 aromatic rings. The second-order valence-electron chi connectivity index (χ2n) is 6.79. The molecule has 7 nitrogen and oxygen atoms in total. The lowest BCUT2D eigenvalue weighted by atomic mass is 10.1. The van der Waals surface area contributed by atoms with Gasteiger partial charge in [0.15, 0.2) is 17.5 Å². The summed E-state index contributed by atoms with van der Waals surface area (Å²) in [4.78, 5) is 8.76. The Balaban J connectivity index is 1.58. The molecule has 0 spiro atoms. The lowest BCUT2D eigenvalue weighted by Gasteiger charge is -2.13. The molecule has 0 aliphatic carbocycles. The molecule has 1 heterocycles. The lowest BCUT2D eigenvalue weighted by Crippen LogP contribution is -2.36. The molecular weight excluding hydrogens is 378 g/mol. The number of guanidine groups is 1. The van der Waals surface area contributed by atoms with Crippen molar-refractivity contribution in [1.82, 2.24) is 20.2 Å². The zero-order valence-electron chi connectivity index (χ0n) is 17.8. The highest BCUT2D eigenvalue weighted by Crippen LogP contribution is 2.27. The van der Waals surface area contributed by atoms with Crippen LogP contribution in [0.5, 0.6) is 11.5 Å². The predicted octanol–water partition coefficient (Wildman–Crippen LogP) is 3.20. The van der Waals surface area contributed by atoms with E-state index in [0.29, 0.717) is 24.6 Å². The summed E-state index contributed by atoms with van der Waals surface area (Å²) in [5.74, 6) is 2.19. The van der Waals surface area contributed by atoms with Crippen molar-refractivity contribution in [2.24, 2.45) is 4.99 Å². The maximum Gasteiger partial charge on any atom is 0.191 e. The van der Waals surface area contributed by atoms with Gasteiger partial charge in [0, 0.05) is 32.0 Å². The Morgan fingerprint density at radius 1 is 0.967 bits per heavy atom. The van der Waals surface area contributed by atoms with Crippen molar-refractivity contribution < 1.29 is 9.47 Å². The first-order valence-corrected chi connectivity index (χ1v) is 9.98. The van der Waals surface area contributed by atoms with Crippen LogP contribution >= 0.6 is 0 Å². The summed E-state index contributed by atoms with van der Waals surface area (Å²) < 4.78 is 12.7. The summed E-state index contributed by atoms with van der Waals surface area (Å²) in [6.45, 7) is 4.91. The van der Waals surface area contributed by atoms with Gasteiger partial charge in [-0.1, -0.05) is 30.3 Å². The third kappa shape index (κ3) is 6.01. The maximum atomic E-state index is 5.37. The number of imidazole rings is 1. The number of nitrogens with one attached hydrogen (secondary N) is 2. The third-order valence-corrected chi connectivity index (χ3v) is 4.62. The SMILES string of the molecule is CCNC(=NCc1ccc(OC)c(OC)c1)NCc1ccc(Cn2ccnc2)cc1. The molecular formula is C23H29N5O2. The number of aromatic nitrogens is 2. The van der Waals surface area contributed by atoms with E-state index < -0.39 is 0 Å². The van der Waals surface area contributed by atoms with Crippen molar-refractivity contribution in [2.45, 2.75) is 26.6 Å². The van der Waals surface area contributed by atoms with Crippen molar-refractivity contribution in [3.8, 4) is 11.5 Å². The van der Waals surface area contributed by atoms with Gasteiger partial charge in [-0.25, -0.2) is 9.98 Å². The van der Waals surface area contributed by atoms with Crippen molar-refractivity contribution in [1.29, 1.82) is 0 Å². The maximum absolute atomic E-state index is 5.37. The van der Waals surface area contributed by atoms with Crippen LogP contribution in [-0.2, 0) is 19.6 Å². The zero-order chi connectivity index (χ0) is 21.2. The molecule has 0 aliphatic heterocycles. The number of methoxy groups -OCH3 is 2. The molecule has 158 valence electrons. The summed E-state index contributed by atoms with van der Waals surface area (Å²) in [7, 11) is 3.27. The quantitative estimate of drug-likeness (QED) is 0.421. The molecule has 0 amide bonds. The molecule has 0 saturated heterocycles. The van der Waals surface area contributed by atoms with E-state index in [-0.39, 0.29) is 0 Å². The molecule has 30 heavy (non-hydrogen) atoms. The summed E-state index contributed by atoms with van der Waals surface area (Å²) in [6, 6.07) is 14.4. The highest BCUT2D eigenvalue weighted by molar-refractivity contribution is 5.79. The molecule has 2 N–H and O–H groups in total. The highest BCUT2D eigenvalue weighted by atomic mass is 16.5. The summed E-state index contributed by atoms with van der Waals surface area (Å²) in [5, 5.41) is 6.68. The van der Waals surface area contributed by atoms with Gasteiger partial charge in [-0.15, -0.1) is 0 Å². The fourth-order valence-corrected chi connectivity index (χ4v) is 3.03. The largest absolute Gasteiger partial charge is 0.493 e. The van der Waals surface area contributed by atoms with Crippen LogP contribution in [0.15, 0.2) is 66.2 Å². The van der Waals surface area contributed by atoms with Gasteiger partial charge in [0.2, 0.25) is 0 Å². The van der Waals surface area contributed by atoms with Crippen molar-refractivity contribution in [3.63, 3.8) is 0 Å². The standard InChI is InChI=1S/C23H29N5O2/c1-4-25-23(27-15-20-9-10-21(29-2)22(13-20)30-3)26-14-18-5-7-19(8-6-18)16-28-12-11-24-17-28/h5-13,17H,4,14-16H2,1-3H3,(H2,25,26,27). The molecule has 0 aliphatic rings. The molecule has 0 saturated carbocycles. The molecule has 0 fully saturated rings.